The van der Waals surface area contributed by atoms with Crippen LogP contribution in [-0.4, -0.2) is 41.9 Å². The Morgan fingerprint density at radius 3 is 2.89 bits per heavy atom. The number of aliphatic hydroxyl groups excluding tert-OH is 1. The number of carbonyl (C=O) groups is 1. The standard InChI is InChI=1S/C13H16N2O4/c14-10-5-12-11(18-7-19-12)4-9(10)13(17)15-3-1-2-8(15)6-16/h4-5,8,16H,1-3,6-7,14H2. The van der Waals surface area contributed by atoms with Gasteiger partial charge in [0, 0.05) is 18.3 Å². The van der Waals surface area contributed by atoms with E-state index in [2.05, 4.69) is 0 Å². The third kappa shape index (κ3) is 1.98. The molecule has 0 aliphatic carbocycles. The van der Waals surface area contributed by atoms with E-state index in [1.165, 1.54) is 0 Å². The summed E-state index contributed by atoms with van der Waals surface area (Å²) >= 11 is 0. The van der Waals surface area contributed by atoms with Gasteiger partial charge in [0.05, 0.1) is 18.2 Å². The van der Waals surface area contributed by atoms with Crippen molar-refractivity contribution in [3.63, 3.8) is 0 Å². The number of benzene rings is 1. The Kier molecular flexibility index (Phi) is 2.94. The second-order valence-electron chi connectivity index (χ2n) is 4.77. The van der Waals surface area contributed by atoms with Gasteiger partial charge in [0.1, 0.15) is 0 Å². The summed E-state index contributed by atoms with van der Waals surface area (Å²) in [6.45, 7) is 0.781. The topological polar surface area (TPSA) is 85.0 Å². The summed E-state index contributed by atoms with van der Waals surface area (Å²) in [5.74, 6) is 0.943. The molecule has 102 valence electrons. The molecule has 1 amide bonds. The van der Waals surface area contributed by atoms with Crippen LogP contribution >= 0.6 is 0 Å². The largest absolute Gasteiger partial charge is 0.454 e. The Labute approximate surface area is 110 Å². The fourth-order valence-electron chi connectivity index (χ4n) is 2.59. The Hall–Kier alpha value is -1.95. The van der Waals surface area contributed by atoms with E-state index in [0.29, 0.717) is 29.3 Å². The van der Waals surface area contributed by atoms with E-state index in [1.54, 1.807) is 17.0 Å². The average molecular weight is 264 g/mol. The molecule has 2 aliphatic heterocycles. The lowest BCUT2D eigenvalue weighted by molar-refractivity contribution is 0.0678. The van der Waals surface area contributed by atoms with Crippen LogP contribution in [0.25, 0.3) is 0 Å². The number of amides is 1. The SMILES string of the molecule is Nc1cc2c(cc1C(=O)N1CCCC1CO)OCO2. The van der Waals surface area contributed by atoms with E-state index in [4.69, 9.17) is 15.2 Å². The van der Waals surface area contributed by atoms with E-state index in [-0.39, 0.29) is 25.3 Å². The number of rotatable bonds is 2. The van der Waals surface area contributed by atoms with Gasteiger partial charge in [0.15, 0.2) is 11.5 Å². The minimum absolute atomic E-state index is 0.0177. The van der Waals surface area contributed by atoms with E-state index >= 15 is 0 Å². The average Bonchev–Trinajstić information content (AvgIpc) is 3.04. The summed E-state index contributed by atoms with van der Waals surface area (Å²) in [4.78, 5) is 14.1. The summed E-state index contributed by atoms with van der Waals surface area (Å²) in [6.07, 6.45) is 1.73. The molecule has 1 fully saturated rings. The van der Waals surface area contributed by atoms with Crippen LogP contribution < -0.4 is 15.2 Å². The summed E-state index contributed by atoms with van der Waals surface area (Å²) in [6, 6.07) is 3.11. The van der Waals surface area contributed by atoms with Gasteiger partial charge in [-0.3, -0.25) is 4.79 Å². The lowest BCUT2D eigenvalue weighted by Crippen LogP contribution is -2.37. The molecule has 6 heteroatoms. The predicted molar refractivity (Wildman–Crippen MR) is 68.1 cm³/mol. The predicted octanol–water partition coefficient (Wildman–Crippen LogP) is 0.594. The first-order chi connectivity index (χ1) is 9.20. The number of hydrogen-bond donors (Lipinski definition) is 2. The first-order valence-electron chi connectivity index (χ1n) is 6.31. The van der Waals surface area contributed by atoms with E-state index in [0.717, 1.165) is 12.8 Å². The maximum absolute atomic E-state index is 12.5. The summed E-state index contributed by atoms with van der Waals surface area (Å²) < 4.78 is 10.5. The maximum Gasteiger partial charge on any atom is 0.256 e. The highest BCUT2D eigenvalue weighted by Crippen LogP contribution is 2.36. The third-order valence-corrected chi connectivity index (χ3v) is 3.62. The zero-order valence-electron chi connectivity index (χ0n) is 10.5. The van der Waals surface area contributed by atoms with Crippen molar-refractivity contribution < 1.29 is 19.4 Å². The normalized spacial score (nSPS) is 20.9. The smallest absolute Gasteiger partial charge is 0.256 e. The van der Waals surface area contributed by atoms with Gasteiger partial charge < -0.3 is 25.2 Å². The van der Waals surface area contributed by atoms with Crippen molar-refractivity contribution in [1.82, 2.24) is 4.90 Å². The monoisotopic (exact) mass is 264 g/mol. The Bertz CT molecular complexity index is 518. The zero-order chi connectivity index (χ0) is 13.4. The minimum atomic E-state index is -0.160. The molecule has 1 saturated heterocycles. The lowest BCUT2D eigenvalue weighted by Gasteiger charge is -2.23. The minimum Gasteiger partial charge on any atom is -0.454 e. The van der Waals surface area contributed by atoms with Crippen molar-refractivity contribution in [3.8, 4) is 11.5 Å². The fourth-order valence-corrected chi connectivity index (χ4v) is 2.59. The Morgan fingerprint density at radius 2 is 2.16 bits per heavy atom. The molecule has 1 atom stereocenters. The van der Waals surface area contributed by atoms with Crippen molar-refractivity contribution in [1.29, 1.82) is 0 Å². The molecule has 3 N–H and O–H groups in total. The molecule has 0 aromatic heterocycles. The molecule has 0 bridgehead atoms. The molecule has 1 unspecified atom stereocenters. The summed E-state index contributed by atoms with van der Waals surface area (Å²) in [5.41, 5.74) is 6.68. The van der Waals surface area contributed by atoms with Crippen molar-refractivity contribution in [2.75, 3.05) is 25.7 Å². The second kappa shape index (κ2) is 4.62. The van der Waals surface area contributed by atoms with Crippen LogP contribution in [-0.2, 0) is 0 Å². The molecule has 0 spiro atoms. The molecule has 2 aliphatic rings. The lowest BCUT2D eigenvalue weighted by atomic mass is 10.1. The molecular formula is C13H16N2O4. The van der Waals surface area contributed by atoms with Crippen molar-refractivity contribution in [2.45, 2.75) is 18.9 Å². The van der Waals surface area contributed by atoms with E-state index in [9.17, 15) is 9.90 Å². The maximum atomic E-state index is 12.5. The van der Waals surface area contributed by atoms with Crippen molar-refractivity contribution >= 4 is 11.6 Å². The molecule has 19 heavy (non-hydrogen) atoms. The molecule has 1 aromatic carbocycles. The van der Waals surface area contributed by atoms with Crippen LogP contribution in [0.3, 0.4) is 0 Å². The van der Waals surface area contributed by atoms with Crippen LogP contribution in [0.2, 0.25) is 0 Å². The number of nitrogens with two attached hydrogens (primary N) is 1. The van der Waals surface area contributed by atoms with E-state index < -0.39 is 0 Å². The van der Waals surface area contributed by atoms with Gasteiger partial charge in [0.25, 0.3) is 5.91 Å². The van der Waals surface area contributed by atoms with Gasteiger partial charge >= 0.3 is 0 Å². The first kappa shape index (κ1) is 12.1. The van der Waals surface area contributed by atoms with Crippen molar-refractivity contribution in [3.05, 3.63) is 17.7 Å². The Balaban J connectivity index is 1.91. The first-order valence-corrected chi connectivity index (χ1v) is 6.31. The second-order valence-corrected chi connectivity index (χ2v) is 4.77. The van der Waals surface area contributed by atoms with Gasteiger partial charge in [-0.25, -0.2) is 0 Å². The quantitative estimate of drug-likeness (QED) is 0.764. The highest BCUT2D eigenvalue weighted by atomic mass is 16.7. The van der Waals surface area contributed by atoms with Crippen LogP contribution in [0, 0.1) is 0 Å². The summed E-state index contributed by atoms with van der Waals surface area (Å²) in [7, 11) is 0. The van der Waals surface area contributed by atoms with E-state index in [1.807, 2.05) is 0 Å². The van der Waals surface area contributed by atoms with Crippen LogP contribution in [0.5, 0.6) is 11.5 Å². The number of fused-ring (bicyclic) bond motifs is 1. The van der Waals surface area contributed by atoms with Gasteiger partial charge in [-0.05, 0) is 18.9 Å². The zero-order valence-corrected chi connectivity index (χ0v) is 10.5. The van der Waals surface area contributed by atoms with Gasteiger partial charge in [-0.1, -0.05) is 0 Å². The summed E-state index contributed by atoms with van der Waals surface area (Å²) in [5, 5.41) is 9.29. The highest BCUT2D eigenvalue weighted by molar-refractivity contribution is 6.00. The number of nitrogens with zero attached hydrogens (tertiary/aromatic N) is 1. The highest BCUT2D eigenvalue weighted by Gasteiger charge is 2.31. The number of carbonyl (C=O) groups excluding carboxylic acids is 1. The molecular weight excluding hydrogens is 248 g/mol. The number of hydrogen-bond acceptors (Lipinski definition) is 5. The van der Waals surface area contributed by atoms with Crippen LogP contribution in [0.4, 0.5) is 5.69 Å². The Morgan fingerprint density at radius 1 is 1.42 bits per heavy atom. The molecule has 2 heterocycles. The van der Waals surface area contributed by atoms with Crippen LogP contribution in [0.1, 0.15) is 23.2 Å². The molecule has 0 saturated carbocycles. The number of ether oxygens (including phenoxy) is 2. The number of likely N-dealkylation sites (tertiary alicyclic amines) is 1. The van der Waals surface area contributed by atoms with Gasteiger partial charge in [-0.2, -0.15) is 0 Å². The molecule has 6 nitrogen and oxygen atoms in total. The number of anilines is 1. The third-order valence-electron chi connectivity index (χ3n) is 3.62. The van der Waals surface area contributed by atoms with Gasteiger partial charge in [-0.15, -0.1) is 0 Å². The number of aliphatic hydroxyl groups is 1. The molecule has 0 radical (unpaired) electrons. The molecule has 3 rings (SSSR count). The fraction of sp³-hybridized carbons (Fsp3) is 0.462. The number of nitrogen functional groups attached to an aromatic ring is 1. The van der Waals surface area contributed by atoms with Crippen LogP contribution in [0.15, 0.2) is 12.1 Å². The molecule has 1 aromatic rings. The van der Waals surface area contributed by atoms with Crippen molar-refractivity contribution in [2.24, 2.45) is 0 Å². The van der Waals surface area contributed by atoms with Gasteiger partial charge in [0.2, 0.25) is 6.79 Å².